The molecule has 108 valence electrons. The minimum atomic E-state index is -0.239. The summed E-state index contributed by atoms with van der Waals surface area (Å²) in [6.07, 6.45) is 6.80. The molecule has 0 saturated heterocycles. The number of aliphatic hydroxyl groups is 1. The van der Waals surface area contributed by atoms with Crippen LogP contribution in [0.3, 0.4) is 0 Å². The predicted octanol–water partition coefficient (Wildman–Crippen LogP) is 1.03. The lowest BCUT2D eigenvalue weighted by molar-refractivity contribution is 0.0938. The number of hydrogen-bond donors (Lipinski definition) is 3. The van der Waals surface area contributed by atoms with Gasteiger partial charge in [-0.15, -0.1) is 0 Å². The largest absolute Gasteiger partial charge is 0.395 e. The standard InChI is InChI=1S/C15H16N4O2/c1-11(14-17-5-6-18-14)19-15(21)13-8-12(9-16-10-13)4-2-3-7-20/h5-6,8-11,20H,3,7H2,1H3,(H,17,18)(H,19,21). The number of H-pyrrole nitrogens is 1. The van der Waals surface area contributed by atoms with E-state index in [0.29, 0.717) is 23.4 Å². The highest BCUT2D eigenvalue weighted by Crippen LogP contribution is 2.08. The first-order valence-corrected chi connectivity index (χ1v) is 6.55. The molecule has 0 spiro atoms. The van der Waals surface area contributed by atoms with E-state index < -0.39 is 0 Å². The van der Waals surface area contributed by atoms with E-state index in [1.165, 1.54) is 6.20 Å². The third-order valence-corrected chi connectivity index (χ3v) is 2.75. The number of aliphatic hydroxyl groups excluding tert-OH is 1. The number of imidazole rings is 1. The van der Waals surface area contributed by atoms with Crippen molar-refractivity contribution in [2.45, 2.75) is 19.4 Å². The molecule has 0 bridgehead atoms. The van der Waals surface area contributed by atoms with Gasteiger partial charge in [0.2, 0.25) is 0 Å². The second-order valence-corrected chi connectivity index (χ2v) is 4.41. The lowest BCUT2D eigenvalue weighted by Gasteiger charge is -2.11. The number of nitrogens with zero attached hydrogens (tertiary/aromatic N) is 2. The zero-order valence-corrected chi connectivity index (χ0v) is 11.6. The van der Waals surface area contributed by atoms with Gasteiger partial charge in [0.25, 0.3) is 5.91 Å². The van der Waals surface area contributed by atoms with E-state index in [1.54, 1.807) is 24.7 Å². The Hall–Kier alpha value is -2.65. The van der Waals surface area contributed by atoms with E-state index in [0.717, 1.165) is 0 Å². The highest BCUT2D eigenvalue weighted by molar-refractivity contribution is 5.94. The summed E-state index contributed by atoms with van der Waals surface area (Å²) in [5.74, 6) is 6.10. The molecular weight excluding hydrogens is 268 g/mol. The summed E-state index contributed by atoms with van der Waals surface area (Å²) in [6.45, 7) is 1.86. The fourth-order valence-electron chi connectivity index (χ4n) is 1.72. The van der Waals surface area contributed by atoms with Crippen LogP contribution < -0.4 is 5.32 Å². The van der Waals surface area contributed by atoms with Crippen molar-refractivity contribution in [1.29, 1.82) is 0 Å². The van der Waals surface area contributed by atoms with E-state index in [1.807, 2.05) is 6.92 Å². The molecule has 6 nitrogen and oxygen atoms in total. The molecule has 0 fully saturated rings. The number of nitrogens with one attached hydrogen (secondary N) is 2. The van der Waals surface area contributed by atoms with Crippen LogP contribution in [-0.4, -0.2) is 32.6 Å². The molecule has 3 N–H and O–H groups in total. The molecular formula is C15H16N4O2. The molecule has 0 aliphatic heterocycles. The number of hydrogen-bond acceptors (Lipinski definition) is 4. The number of carbonyl (C=O) groups is 1. The summed E-state index contributed by atoms with van der Waals surface area (Å²) >= 11 is 0. The number of rotatable bonds is 4. The quantitative estimate of drug-likeness (QED) is 0.731. The van der Waals surface area contributed by atoms with Gasteiger partial charge in [0, 0.05) is 36.8 Å². The van der Waals surface area contributed by atoms with E-state index >= 15 is 0 Å². The van der Waals surface area contributed by atoms with Crippen molar-refractivity contribution in [3.8, 4) is 11.8 Å². The van der Waals surface area contributed by atoms with Crippen LogP contribution in [0.2, 0.25) is 0 Å². The molecule has 0 aliphatic rings. The fraction of sp³-hybridized carbons (Fsp3) is 0.267. The third-order valence-electron chi connectivity index (χ3n) is 2.75. The Kier molecular flexibility index (Phi) is 5.07. The molecule has 0 aromatic carbocycles. The van der Waals surface area contributed by atoms with Crippen LogP contribution >= 0.6 is 0 Å². The average Bonchev–Trinajstić information content (AvgIpc) is 3.02. The lowest BCUT2D eigenvalue weighted by Crippen LogP contribution is -2.27. The molecule has 2 aromatic heterocycles. The van der Waals surface area contributed by atoms with Gasteiger partial charge in [0.15, 0.2) is 0 Å². The molecule has 2 rings (SSSR count). The Morgan fingerprint density at radius 3 is 3.10 bits per heavy atom. The third kappa shape index (κ3) is 4.16. The smallest absolute Gasteiger partial charge is 0.253 e. The van der Waals surface area contributed by atoms with Gasteiger partial charge in [-0.25, -0.2) is 4.98 Å². The maximum Gasteiger partial charge on any atom is 0.253 e. The van der Waals surface area contributed by atoms with Crippen molar-refractivity contribution >= 4 is 5.91 Å². The molecule has 2 aromatic rings. The summed E-state index contributed by atoms with van der Waals surface area (Å²) < 4.78 is 0. The Morgan fingerprint density at radius 2 is 2.38 bits per heavy atom. The number of pyridine rings is 1. The molecule has 0 radical (unpaired) electrons. The zero-order chi connectivity index (χ0) is 15.1. The maximum atomic E-state index is 12.2. The van der Waals surface area contributed by atoms with Gasteiger partial charge in [-0.2, -0.15) is 0 Å². The molecule has 0 aliphatic carbocycles. The lowest BCUT2D eigenvalue weighted by atomic mass is 10.2. The van der Waals surface area contributed by atoms with Gasteiger partial charge in [0.1, 0.15) is 5.82 Å². The molecule has 21 heavy (non-hydrogen) atoms. The molecule has 1 unspecified atom stereocenters. The summed E-state index contributed by atoms with van der Waals surface area (Å²) in [7, 11) is 0. The highest BCUT2D eigenvalue weighted by atomic mass is 16.2. The first-order valence-electron chi connectivity index (χ1n) is 6.55. The number of aromatic nitrogens is 3. The summed E-state index contributed by atoms with van der Waals surface area (Å²) in [5, 5.41) is 11.5. The van der Waals surface area contributed by atoms with Crippen molar-refractivity contribution in [3.05, 3.63) is 47.8 Å². The molecule has 1 atom stereocenters. The van der Waals surface area contributed by atoms with Crippen LogP contribution in [0.15, 0.2) is 30.9 Å². The van der Waals surface area contributed by atoms with Crippen molar-refractivity contribution in [1.82, 2.24) is 20.3 Å². The van der Waals surface area contributed by atoms with Crippen LogP contribution in [0.4, 0.5) is 0 Å². The second-order valence-electron chi connectivity index (χ2n) is 4.41. The van der Waals surface area contributed by atoms with Gasteiger partial charge in [-0.3, -0.25) is 9.78 Å². The monoisotopic (exact) mass is 284 g/mol. The Balaban J connectivity index is 2.06. The van der Waals surface area contributed by atoms with Crippen molar-refractivity contribution in [2.24, 2.45) is 0 Å². The minimum absolute atomic E-state index is 0.0151. The van der Waals surface area contributed by atoms with Crippen LogP contribution in [0, 0.1) is 11.8 Å². The van der Waals surface area contributed by atoms with Crippen LogP contribution in [0.25, 0.3) is 0 Å². The van der Waals surface area contributed by atoms with Crippen molar-refractivity contribution in [3.63, 3.8) is 0 Å². The summed E-state index contributed by atoms with van der Waals surface area (Å²) in [4.78, 5) is 23.2. The Labute approximate surface area is 122 Å². The Morgan fingerprint density at radius 1 is 1.52 bits per heavy atom. The summed E-state index contributed by atoms with van der Waals surface area (Å²) in [5.41, 5.74) is 1.07. The molecule has 0 saturated carbocycles. The average molecular weight is 284 g/mol. The normalized spacial score (nSPS) is 11.3. The second kappa shape index (κ2) is 7.22. The molecule has 1 amide bonds. The number of carbonyl (C=O) groups excluding carboxylic acids is 1. The van der Waals surface area contributed by atoms with Crippen LogP contribution in [0.5, 0.6) is 0 Å². The van der Waals surface area contributed by atoms with Gasteiger partial charge in [0.05, 0.1) is 18.2 Å². The maximum absolute atomic E-state index is 12.2. The summed E-state index contributed by atoms with van der Waals surface area (Å²) in [6, 6.07) is 1.44. The van der Waals surface area contributed by atoms with Crippen LogP contribution in [-0.2, 0) is 0 Å². The fourth-order valence-corrected chi connectivity index (χ4v) is 1.72. The van der Waals surface area contributed by atoms with E-state index in [2.05, 4.69) is 32.1 Å². The first-order chi connectivity index (χ1) is 10.2. The zero-order valence-electron chi connectivity index (χ0n) is 11.6. The Bertz CT molecular complexity index is 656. The molecule has 2 heterocycles. The van der Waals surface area contributed by atoms with E-state index in [9.17, 15) is 4.79 Å². The number of amides is 1. The first kappa shape index (κ1) is 14.8. The van der Waals surface area contributed by atoms with E-state index in [4.69, 9.17) is 5.11 Å². The topological polar surface area (TPSA) is 90.9 Å². The van der Waals surface area contributed by atoms with Crippen molar-refractivity contribution in [2.75, 3.05) is 6.61 Å². The van der Waals surface area contributed by atoms with Crippen molar-refractivity contribution < 1.29 is 9.90 Å². The highest BCUT2D eigenvalue weighted by Gasteiger charge is 2.13. The van der Waals surface area contributed by atoms with Gasteiger partial charge >= 0.3 is 0 Å². The van der Waals surface area contributed by atoms with Crippen LogP contribution in [0.1, 0.15) is 41.1 Å². The molecule has 6 heteroatoms. The minimum Gasteiger partial charge on any atom is -0.395 e. The number of aromatic amines is 1. The SMILES string of the molecule is CC(NC(=O)c1cncc(C#CCCO)c1)c1ncc[nH]1. The van der Waals surface area contributed by atoms with Gasteiger partial charge in [-0.05, 0) is 13.0 Å². The van der Waals surface area contributed by atoms with Gasteiger partial charge in [-0.1, -0.05) is 11.8 Å². The van der Waals surface area contributed by atoms with E-state index in [-0.39, 0.29) is 18.6 Å². The van der Waals surface area contributed by atoms with Gasteiger partial charge < -0.3 is 15.4 Å². The predicted molar refractivity (Wildman–Crippen MR) is 77.3 cm³/mol.